The van der Waals surface area contributed by atoms with Crippen LogP contribution in [-0.4, -0.2) is 25.6 Å². The van der Waals surface area contributed by atoms with Gasteiger partial charge in [-0.05, 0) is 42.0 Å². The van der Waals surface area contributed by atoms with E-state index in [4.69, 9.17) is 9.47 Å². The molecule has 2 aromatic rings. The lowest BCUT2D eigenvalue weighted by atomic mass is 10.2. The van der Waals surface area contributed by atoms with Crippen LogP contribution in [0.2, 0.25) is 0 Å². The summed E-state index contributed by atoms with van der Waals surface area (Å²) in [5.41, 5.74) is -0.240. The molecule has 8 heteroatoms. The van der Waals surface area contributed by atoms with E-state index in [2.05, 4.69) is 5.32 Å². The van der Waals surface area contributed by atoms with Gasteiger partial charge in [-0.3, -0.25) is 4.79 Å². The van der Waals surface area contributed by atoms with Crippen molar-refractivity contribution >= 4 is 23.6 Å². The number of ether oxygens (including phenoxy) is 2. The first-order valence-corrected chi connectivity index (χ1v) is 7.74. The molecule has 0 radical (unpaired) electrons. The Morgan fingerprint density at radius 1 is 1.11 bits per heavy atom. The van der Waals surface area contributed by atoms with Crippen LogP contribution in [-0.2, 0) is 20.5 Å². The van der Waals surface area contributed by atoms with Crippen molar-refractivity contribution in [1.82, 2.24) is 0 Å². The highest BCUT2D eigenvalue weighted by Crippen LogP contribution is 2.30. The molecule has 0 aliphatic carbocycles. The van der Waals surface area contributed by atoms with E-state index in [1.54, 1.807) is 24.3 Å². The van der Waals surface area contributed by atoms with Crippen LogP contribution in [0.1, 0.15) is 11.1 Å². The van der Waals surface area contributed by atoms with Crippen molar-refractivity contribution in [1.29, 1.82) is 0 Å². The van der Waals surface area contributed by atoms with Crippen LogP contribution in [0.4, 0.5) is 18.9 Å². The third-order valence-electron chi connectivity index (χ3n) is 3.32. The van der Waals surface area contributed by atoms with Gasteiger partial charge in [0.05, 0.1) is 12.7 Å². The number of carbonyl (C=O) groups is 2. The van der Waals surface area contributed by atoms with Gasteiger partial charge in [-0.2, -0.15) is 13.2 Å². The van der Waals surface area contributed by atoms with Crippen LogP contribution < -0.4 is 10.1 Å². The summed E-state index contributed by atoms with van der Waals surface area (Å²) in [6.07, 6.45) is -1.90. The lowest BCUT2D eigenvalue weighted by Crippen LogP contribution is -2.20. The quantitative estimate of drug-likeness (QED) is 0.611. The van der Waals surface area contributed by atoms with Crippen LogP contribution in [0.5, 0.6) is 5.75 Å². The van der Waals surface area contributed by atoms with E-state index >= 15 is 0 Å². The van der Waals surface area contributed by atoms with Crippen LogP contribution >= 0.6 is 0 Å². The minimum absolute atomic E-state index is 0.0437. The highest BCUT2D eigenvalue weighted by molar-refractivity contribution is 5.94. The summed E-state index contributed by atoms with van der Waals surface area (Å²) in [5, 5.41) is 2.24. The number of benzene rings is 2. The van der Waals surface area contributed by atoms with Gasteiger partial charge >= 0.3 is 12.1 Å². The van der Waals surface area contributed by atoms with E-state index in [0.29, 0.717) is 11.3 Å². The maximum Gasteiger partial charge on any atom is 0.416 e. The third-order valence-corrected chi connectivity index (χ3v) is 3.32. The smallest absolute Gasteiger partial charge is 0.416 e. The summed E-state index contributed by atoms with van der Waals surface area (Å²) < 4.78 is 47.7. The highest BCUT2D eigenvalue weighted by atomic mass is 19.4. The van der Waals surface area contributed by atoms with Crippen LogP contribution in [0.3, 0.4) is 0 Å². The Labute approximate surface area is 153 Å². The summed E-state index contributed by atoms with van der Waals surface area (Å²) in [5.74, 6) is -0.902. The average molecular weight is 379 g/mol. The molecule has 0 heterocycles. The zero-order valence-electron chi connectivity index (χ0n) is 14.2. The second-order valence-electron chi connectivity index (χ2n) is 5.34. The number of amides is 1. The standard InChI is InChI=1S/C19H16F3NO4/c1-26-16-7-2-4-13(10-16)8-9-18(25)27-12-17(24)23-15-6-3-5-14(11-15)19(20,21)22/h2-11H,12H2,1H3,(H,23,24)/b9-8+. The average Bonchev–Trinajstić information content (AvgIpc) is 2.64. The predicted molar refractivity (Wildman–Crippen MR) is 93.1 cm³/mol. The Bertz CT molecular complexity index is 847. The molecule has 0 saturated heterocycles. The molecule has 142 valence electrons. The molecule has 0 fully saturated rings. The van der Waals surface area contributed by atoms with E-state index in [0.717, 1.165) is 18.2 Å². The van der Waals surface area contributed by atoms with Gasteiger partial charge in [-0.15, -0.1) is 0 Å². The van der Waals surface area contributed by atoms with E-state index in [1.807, 2.05) is 0 Å². The Hall–Kier alpha value is -3.29. The Morgan fingerprint density at radius 3 is 2.56 bits per heavy atom. The molecule has 2 rings (SSSR count). The fraction of sp³-hybridized carbons (Fsp3) is 0.158. The number of carbonyl (C=O) groups excluding carboxylic acids is 2. The Balaban J connectivity index is 1.86. The molecular formula is C19H16F3NO4. The van der Waals surface area contributed by atoms with E-state index in [1.165, 1.54) is 25.3 Å². The van der Waals surface area contributed by atoms with Crippen molar-refractivity contribution in [3.05, 3.63) is 65.7 Å². The van der Waals surface area contributed by atoms with Gasteiger partial charge < -0.3 is 14.8 Å². The van der Waals surface area contributed by atoms with Crippen LogP contribution in [0, 0.1) is 0 Å². The molecule has 0 atom stereocenters. The molecule has 0 bridgehead atoms. The van der Waals surface area contributed by atoms with Crippen molar-refractivity contribution in [3.63, 3.8) is 0 Å². The first-order chi connectivity index (χ1) is 12.8. The van der Waals surface area contributed by atoms with Gasteiger partial charge in [0.15, 0.2) is 6.61 Å². The van der Waals surface area contributed by atoms with Gasteiger partial charge in [0.2, 0.25) is 0 Å². The van der Waals surface area contributed by atoms with Crippen molar-refractivity contribution < 1.29 is 32.2 Å². The molecule has 0 aliphatic heterocycles. The number of halogens is 3. The Morgan fingerprint density at radius 2 is 1.85 bits per heavy atom. The fourth-order valence-corrected chi connectivity index (χ4v) is 2.06. The molecule has 5 nitrogen and oxygen atoms in total. The van der Waals surface area contributed by atoms with Gasteiger partial charge in [-0.1, -0.05) is 18.2 Å². The molecule has 0 saturated carbocycles. The van der Waals surface area contributed by atoms with Crippen molar-refractivity contribution in [2.45, 2.75) is 6.18 Å². The fourth-order valence-electron chi connectivity index (χ4n) is 2.06. The highest BCUT2D eigenvalue weighted by Gasteiger charge is 2.30. The number of anilines is 1. The van der Waals surface area contributed by atoms with Gasteiger partial charge in [0, 0.05) is 11.8 Å². The third kappa shape index (κ3) is 6.50. The number of hydrogen-bond acceptors (Lipinski definition) is 4. The largest absolute Gasteiger partial charge is 0.497 e. The van der Waals surface area contributed by atoms with Crippen molar-refractivity contribution in [2.24, 2.45) is 0 Å². The molecule has 0 aromatic heterocycles. The summed E-state index contributed by atoms with van der Waals surface area (Å²) in [6.45, 7) is -0.627. The van der Waals surface area contributed by atoms with Gasteiger partial charge in [-0.25, -0.2) is 4.79 Å². The summed E-state index contributed by atoms with van der Waals surface area (Å²) in [7, 11) is 1.51. The molecule has 2 aromatic carbocycles. The normalized spacial score (nSPS) is 11.3. The summed E-state index contributed by atoms with van der Waals surface area (Å²) >= 11 is 0. The van der Waals surface area contributed by atoms with Crippen molar-refractivity contribution in [3.8, 4) is 5.75 Å². The minimum Gasteiger partial charge on any atom is -0.497 e. The maximum atomic E-state index is 12.6. The monoisotopic (exact) mass is 379 g/mol. The SMILES string of the molecule is COc1cccc(/C=C/C(=O)OCC(=O)Nc2cccc(C(F)(F)F)c2)c1. The van der Waals surface area contributed by atoms with E-state index < -0.39 is 30.2 Å². The summed E-state index contributed by atoms with van der Waals surface area (Å²) in [4.78, 5) is 23.4. The van der Waals surface area contributed by atoms with Gasteiger partial charge in [0.1, 0.15) is 5.75 Å². The second kappa shape index (κ2) is 8.88. The number of hydrogen-bond donors (Lipinski definition) is 1. The maximum absolute atomic E-state index is 12.6. The predicted octanol–water partition coefficient (Wildman–Crippen LogP) is 3.91. The Kier molecular flexibility index (Phi) is 6.59. The first kappa shape index (κ1) is 20.0. The van der Waals surface area contributed by atoms with Gasteiger partial charge in [0.25, 0.3) is 5.91 Å². The van der Waals surface area contributed by atoms with Crippen LogP contribution in [0.15, 0.2) is 54.6 Å². The number of alkyl halides is 3. The summed E-state index contributed by atoms with van der Waals surface area (Å²) in [6, 6.07) is 11.1. The van der Waals surface area contributed by atoms with E-state index in [9.17, 15) is 22.8 Å². The first-order valence-electron chi connectivity index (χ1n) is 7.74. The number of esters is 1. The lowest BCUT2D eigenvalue weighted by Gasteiger charge is -2.09. The number of methoxy groups -OCH3 is 1. The molecule has 0 aliphatic rings. The van der Waals surface area contributed by atoms with Crippen LogP contribution in [0.25, 0.3) is 6.08 Å². The zero-order chi connectivity index (χ0) is 19.9. The topological polar surface area (TPSA) is 64.6 Å². The molecule has 0 spiro atoms. The number of nitrogens with one attached hydrogen (secondary N) is 1. The molecule has 1 N–H and O–H groups in total. The zero-order valence-corrected chi connectivity index (χ0v) is 14.2. The van der Waals surface area contributed by atoms with Crippen molar-refractivity contribution in [2.75, 3.05) is 19.0 Å². The lowest BCUT2D eigenvalue weighted by molar-refractivity contribution is -0.142. The molecule has 27 heavy (non-hydrogen) atoms. The minimum atomic E-state index is -4.52. The molecule has 0 unspecified atom stereocenters. The molecule has 1 amide bonds. The molecular weight excluding hydrogens is 363 g/mol. The number of rotatable bonds is 6. The van der Waals surface area contributed by atoms with E-state index in [-0.39, 0.29) is 5.69 Å². The second-order valence-corrected chi connectivity index (χ2v) is 5.34.